The summed E-state index contributed by atoms with van der Waals surface area (Å²) < 4.78 is 1.22. The van der Waals surface area contributed by atoms with E-state index >= 15 is 0 Å². The minimum atomic E-state index is -0.451. The highest BCUT2D eigenvalue weighted by atomic mass is 16.2. The van der Waals surface area contributed by atoms with Gasteiger partial charge in [-0.3, -0.25) is 14.2 Å². The molecule has 17 heavy (non-hydrogen) atoms. The van der Waals surface area contributed by atoms with Crippen molar-refractivity contribution in [2.24, 2.45) is 0 Å². The normalized spacial score (nSPS) is 17.0. The molecule has 1 aliphatic rings. The van der Waals surface area contributed by atoms with Gasteiger partial charge >= 0.3 is 5.69 Å². The molecule has 1 heterocycles. The zero-order valence-corrected chi connectivity index (χ0v) is 9.86. The molecule has 0 atom stereocenters. The van der Waals surface area contributed by atoms with Crippen LogP contribution in [0.5, 0.6) is 0 Å². The zero-order chi connectivity index (χ0) is 12.4. The highest BCUT2D eigenvalue weighted by molar-refractivity contribution is 5.93. The Balaban J connectivity index is 2.52. The Morgan fingerprint density at radius 3 is 2.53 bits per heavy atom. The van der Waals surface area contributed by atoms with Crippen LogP contribution in [0.4, 0.5) is 0 Å². The minimum absolute atomic E-state index is 0.0562. The maximum absolute atomic E-state index is 12.1. The Hall–Kier alpha value is -1.65. The number of hydrogen-bond acceptors (Lipinski definition) is 3. The third kappa shape index (κ3) is 2.23. The van der Waals surface area contributed by atoms with Gasteiger partial charge in [-0.2, -0.15) is 0 Å². The molecule has 5 nitrogen and oxygen atoms in total. The summed E-state index contributed by atoms with van der Waals surface area (Å²) >= 11 is 0. The SMILES string of the molecule is CC(=O)c1c[nH]c(=O)n(C2CCCCC2)c1=O. The minimum Gasteiger partial charge on any atom is -0.313 e. The number of carbonyl (C=O) groups is 1. The molecule has 1 aliphatic carbocycles. The molecule has 5 heteroatoms. The summed E-state index contributed by atoms with van der Waals surface area (Å²) in [5, 5.41) is 0. The molecular weight excluding hydrogens is 220 g/mol. The van der Waals surface area contributed by atoms with E-state index in [1.807, 2.05) is 0 Å². The second-order valence-corrected chi connectivity index (χ2v) is 4.53. The summed E-state index contributed by atoms with van der Waals surface area (Å²) in [6.07, 6.45) is 6.10. The van der Waals surface area contributed by atoms with Gasteiger partial charge in [-0.15, -0.1) is 0 Å². The molecule has 92 valence electrons. The Morgan fingerprint density at radius 2 is 1.94 bits per heavy atom. The summed E-state index contributed by atoms with van der Waals surface area (Å²) in [6.45, 7) is 1.33. The average molecular weight is 236 g/mol. The smallest absolute Gasteiger partial charge is 0.313 e. The van der Waals surface area contributed by atoms with Crippen molar-refractivity contribution in [3.63, 3.8) is 0 Å². The van der Waals surface area contributed by atoms with Crippen LogP contribution in [0.3, 0.4) is 0 Å². The van der Waals surface area contributed by atoms with Crippen molar-refractivity contribution in [1.29, 1.82) is 0 Å². The number of hydrogen-bond donors (Lipinski definition) is 1. The van der Waals surface area contributed by atoms with Crippen molar-refractivity contribution >= 4 is 5.78 Å². The van der Waals surface area contributed by atoms with Crippen LogP contribution >= 0.6 is 0 Å². The van der Waals surface area contributed by atoms with E-state index in [4.69, 9.17) is 0 Å². The van der Waals surface area contributed by atoms with Crippen LogP contribution in [0.15, 0.2) is 15.8 Å². The number of nitrogens with zero attached hydrogens (tertiary/aromatic N) is 1. The zero-order valence-electron chi connectivity index (χ0n) is 9.86. The van der Waals surface area contributed by atoms with Gasteiger partial charge < -0.3 is 4.98 Å². The average Bonchev–Trinajstić information content (AvgIpc) is 2.30. The van der Waals surface area contributed by atoms with Gasteiger partial charge in [0, 0.05) is 12.2 Å². The number of aromatic nitrogens is 2. The van der Waals surface area contributed by atoms with Crippen molar-refractivity contribution < 1.29 is 4.79 Å². The first-order chi connectivity index (χ1) is 8.11. The summed E-state index contributed by atoms with van der Waals surface area (Å²) in [5.74, 6) is -0.309. The lowest BCUT2D eigenvalue weighted by molar-refractivity contribution is 0.101. The van der Waals surface area contributed by atoms with Gasteiger partial charge in [-0.05, 0) is 19.8 Å². The molecule has 0 spiro atoms. The third-order valence-corrected chi connectivity index (χ3v) is 3.33. The fourth-order valence-electron chi connectivity index (χ4n) is 2.41. The van der Waals surface area contributed by atoms with Crippen LogP contribution < -0.4 is 11.2 Å². The molecular formula is C12H16N2O3. The molecule has 1 saturated carbocycles. The van der Waals surface area contributed by atoms with E-state index < -0.39 is 11.2 Å². The van der Waals surface area contributed by atoms with E-state index in [1.54, 1.807) is 0 Å². The van der Waals surface area contributed by atoms with E-state index in [1.165, 1.54) is 17.7 Å². The van der Waals surface area contributed by atoms with Crippen LogP contribution in [0.1, 0.15) is 55.4 Å². The molecule has 0 aliphatic heterocycles. The van der Waals surface area contributed by atoms with Crippen molar-refractivity contribution in [2.45, 2.75) is 45.1 Å². The van der Waals surface area contributed by atoms with Crippen molar-refractivity contribution in [3.8, 4) is 0 Å². The molecule has 0 bridgehead atoms. The van der Waals surface area contributed by atoms with Gasteiger partial charge in [-0.25, -0.2) is 4.79 Å². The van der Waals surface area contributed by atoms with Crippen LogP contribution in [0.2, 0.25) is 0 Å². The number of H-pyrrole nitrogens is 1. The van der Waals surface area contributed by atoms with Crippen molar-refractivity contribution in [3.05, 3.63) is 32.6 Å². The van der Waals surface area contributed by atoms with Gasteiger partial charge in [0.05, 0.1) is 5.56 Å². The highest BCUT2D eigenvalue weighted by Gasteiger charge is 2.20. The van der Waals surface area contributed by atoms with Crippen molar-refractivity contribution in [1.82, 2.24) is 9.55 Å². The van der Waals surface area contributed by atoms with Crippen LogP contribution in [-0.2, 0) is 0 Å². The summed E-state index contributed by atoms with van der Waals surface area (Å²) in [5.41, 5.74) is -0.796. The molecule has 1 aromatic heterocycles. The van der Waals surface area contributed by atoms with E-state index in [0.29, 0.717) is 0 Å². The quantitative estimate of drug-likeness (QED) is 0.785. The van der Waals surface area contributed by atoms with Crippen LogP contribution in [0.25, 0.3) is 0 Å². The lowest BCUT2D eigenvalue weighted by atomic mass is 9.95. The highest BCUT2D eigenvalue weighted by Crippen LogP contribution is 2.25. The van der Waals surface area contributed by atoms with Gasteiger partial charge in [0.2, 0.25) is 0 Å². The lowest BCUT2D eigenvalue weighted by Gasteiger charge is -2.22. The summed E-state index contributed by atoms with van der Waals surface area (Å²) in [7, 11) is 0. The Bertz CT molecular complexity index is 535. The van der Waals surface area contributed by atoms with E-state index in [9.17, 15) is 14.4 Å². The number of rotatable bonds is 2. The van der Waals surface area contributed by atoms with Gasteiger partial charge in [0.1, 0.15) is 0 Å². The molecule has 0 unspecified atom stereocenters. The summed E-state index contributed by atoms with van der Waals surface area (Å²) in [6, 6.07) is -0.0562. The molecule has 1 N–H and O–H groups in total. The first-order valence-corrected chi connectivity index (χ1v) is 5.96. The van der Waals surface area contributed by atoms with Crippen molar-refractivity contribution in [2.75, 3.05) is 0 Å². The second kappa shape index (κ2) is 4.69. The topological polar surface area (TPSA) is 71.9 Å². The molecule has 1 aromatic rings. The predicted octanol–water partition coefficient (Wildman–Crippen LogP) is 1.24. The molecule has 0 aromatic carbocycles. The van der Waals surface area contributed by atoms with Gasteiger partial charge in [0.15, 0.2) is 5.78 Å². The third-order valence-electron chi connectivity index (χ3n) is 3.33. The largest absolute Gasteiger partial charge is 0.328 e. The molecule has 0 saturated heterocycles. The number of carbonyl (C=O) groups excluding carboxylic acids is 1. The first-order valence-electron chi connectivity index (χ1n) is 5.96. The Kier molecular flexibility index (Phi) is 3.26. The fourth-order valence-corrected chi connectivity index (χ4v) is 2.41. The fraction of sp³-hybridized carbons (Fsp3) is 0.583. The number of ketones is 1. The maximum Gasteiger partial charge on any atom is 0.328 e. The van der Waals surface area contributed by atoms with E-state index in [-0.39, 0.29) is 17.4 Å². The molecule has 2 rings (SSSR count). The second-order valence-electron chi connectivity index (χ2n) is 4.53. The van der Waals surface area contributed by atoms with Gasteiger partial charge in [0.25, 0.3) is 5.56 Å². The van der Waals surface area contributed by atoms with E-state index in [0.717, 1.165) is 32.1 Å². The van der Waals surface area contributed by atoms with E-state index in [2.05, 4.69) is 4.98 Å². The molecule has 1 fully saturated rings. The number of Topliss-reactive ketones (excluding diaryl/α,β-unsaturated/α-hetero) is 1. The standard InChI is InChI=1S/C12H16N2O3/c1-8(15)10-7-13-12(17)14(11(10)16)9-5-3-2-4-6-9/h7,9H,2-6H2,1H3,(H,13,17). The number of aromatic amines is 1. The molecule has 0 amide bonds. The molecule has 0 radical (unpaired) electrons. The maximum atomic E-state index is 12.1. The Morgan fingerprint density at radius 1 is 1.29 bits per heavy atom. The summed E-state index contributed by atoms with van der Waals surface area (Å²) in [4.78, 5) is 37.5. The van der Waals surface area contributed by atoms with Gasteiger partial charge in [-0.1, -0.05) is 19.3 Å². The first kappa shape index (κ1) is 11.8. The Labute approximate surface area is 98.5 Å². The monoisotopic (exact) mass is 236 g/mol. The number of nitrogens with one attached hydrogen (secondary N) is 1. The predicted molar refractivity (Wildman–Crippen MR) is 63.4 cm³/mol. The lowest BCUT2D eigenvalue weighted by Crippen LogP contribution is -2.40. The van der Waals surface area contributed by atoms with Crippen LogP contribution in [0, 0.1) is 0 Å². The van der Waals surface area contributed by atoms with Crippen LogP contribution in [-0.4, -0.2) is 15.3 Å².